The lowest BCUT2D eigenvalue weighted by Crippen LogP contribution is -2.68. The highest BCUT2D eigenvalue weighted by Crippen LogP contribution is 2.74. The van der Waals surface area contributed by atoms with Gasteiger partial charge in [0.2, 0.25) is 0 Å². The number of phenolic OH excluding ortho intramolecular Hbond substituents is 1. The van der Waals surface area contributed by atoms with Gasteiger partial charge in [0.1, 0.15) is 11.9 Å². The second-order valence-corrected chi connectivity index (χ2v) is 17.9. The van der Waals surface area contributed by atoms with Crippen molar-refractivity contribution >= 4 is 5.78 Å². The summed E-state index contributed by atoms with van der Waals surface area (Å²) >= 11 is 0. The van der Waals surface area contributed by atoms with E-state index in [2.05, 4.69) is 27.7 Å². The lowest BCUT2D eigenvalue weighted by Gasteiger charge is -2.67. The lowest BCUT2D eigenvalue weighted by atomic mass is 9.38. The molecule has 8 heteroatoms. The Labute approximate surface area is 292 Å². The Bertz CT molecular complexity index is 1480. The summed E-state index contributed by atoms with van der Waals surface area (Å²) in [4.78, 5) is 14.3. The molecular weight excluding hydrogens is 620 g/mol. The summed E-state index contributed by atoms with van der Waals surface area (Å²) in [6.07, 6.45) is 6.99. The first-order chi connectivity index (χ1) is 23.1. The number of rotatable bonds is 9. The number of ether oxygens (including phenoxy) is 1. The number of aromatic hydroxyl groups is 1. The van der Waals surface area contributed by atoms with Crippen molar-refractivity contribution in [3.63, 3.8) is 0 Å². The van der Waals surface area contributed by atoms with E-state index in [-0.39, 0.29) is 54.5 Å². The third kappa shape index (κ3) is 4.94. The summed E-state index contributed by atoms with van der Waals surface area (Å²) in [5.74, 6) is -0.0950. The number of aliphatic hydroxyl groups excluding tert-OH is 3. The van der Waals surface area contributed by atoms with Crippen molar-refractivity contribution in [1.82, 2.24) is 0 Å². The van der Waals surface area contributed by atoms with Gasteiger partial charge in [-0.15, -0.1) is 0 Å². The Morgan fingerprint density at radius 1 is 1.00 bits per heavy atom. The minimum Gasteiger partial charge on any atom is -0.508 e. The van der Waals surface area contributed by atoms with E-state index in [1.54, 1.807) is 18.2 Å². The van der Waals surface area contributed by atoms with Crippen LogP contribution < -0.4 is 0 Å². The number of aryl methyl sites for hydroxylation is 1. The van der Waals surface area contributed by atoms with E-state index in [1.165, 1.54) is 0 Å². The zero-order chi connectivity index (χ0) is 35.3. The molecule has 6 aliphatic rings. The topological polar surface area (TPSA) is 151 Å². The number of aliphatic hydroxyl groups is 5. The third-order valence-electron chi connectivity index (χ3n) is 15.9. The average molecular weight is 681 g/mol. The van der Waals surface area contributed by atoms with E-state index < -0.39 is 45.6 Å². The summed E-state index contributed by atoms with van der Waals surface area (Å²) in [6.45, 7) is 10.6. The molecule has 5 fully saturated rings. The smallest absolute Gasteiger partial charge is 0.159 e. The maximum absolute atomic E-state index is 14.3. The molecule has 49 heavy (non-hydrogen) atoms. The molecule has 5 aliphatic carbocycles. The van der Waals surface area contributed by atoms with E-state index in [0.717, 1.165) is 42.4 Å². The van der Waals surface area contributed by atoms with Gasteiger partial charge >= 0.3 is 0 Å². The summed E-state index contributed by atoms with van der Waals surface area (Å²) in [5.41, 5.74) is -1.93. The molecule has 6 N–H and O–H groups in total. The van der Waals surface area contributed by atoms with Crippen molar-refractivity contribution in [1.29, 1.82) is 0 Å². The Kier molecular flexibility index (Phi) is 8.81. The number of hydrogen-bond acceptors (Lipinski definition) is 8. The fourth-order valence-electron chi connectivity index (χ4n) is 12.9. The van der Waals surface area contributed by atoms with Gasteiger partial charge in [0.15, 0.2) is 5.78 Å². The van der Waals surface area contributed by atoms with Crippen LogP contribution in [0.1, 0.15) is 110 Å². The number of epoxide rings is 1. The van der Waals surface area contributed by atoms with E-state index in [0.29, 0.717) is 50.9 Å². The van der Waals surface area contributed by atoms with Crippen molar-refractivity contribution in [2.45, 2.75) is 147 Å². The second-order valence-electron chi connectivity index (χ2n) is 17.9. The van der Waals surface area contributed by atoms with E-state index >= 15 is 0 Å². The molecule has 1 aromatic carbocycles. The molecule has 1 spiro atoms. The van der Waals surface area contributed by atoms with Gasteiger partial charge in [-0.3, -0.25) is 4.79 Å². The molecule has 12 atom stereocenters. The van der Waals surface area contributed by atoms with Crippen LogP contribution in [-0.2, 0) is 22.4 Å². The lowest BCUT2D eigenvalue weighted by molar-refractivity contribution is -0.219. The monoisotopic (exact) mass is 680 g/mol. The number of benzene rings is 1. The van der Waals surface area contributed by atoms with Gasteiger partial charge in [-0.1, -0.05) is 46.6 Å². The SMILES string of the molecule is CC(C)C(C)C1OC1C(C)(O)C1CCC2(O)C3=CC(=O)C4CC(O)C(O)C5(CCCC5)C4(C)C3CCC12CCc1cc(O)ccc1CCO. The quantitative estimate of drug-likeness (QED) is 0.199. The average Bonchev–Trinajstić information content (AvgIpc) is 3.60. The number of fused-ring (bicyclic) bond motifs is 6. The van der Waals surface area contributed by atoms with Crippen molar-refractivity contribution in [2.24, 2.45) is 45.8 Å². The molecule has 8 nitrogen and oxygen atoms in total. The maximum Gasteiger partial charge on any atom is 0.159 e. The maximum atomic E-state index is 14.3. The minimum absolute atomic E-state index is 0.0165. The first-order valence-electron chi connectivity index (χ1n) is 19.2. The van der Waals surface area contributed by atoms with Crippen molar-refractivity contribution in [3.8, 4) is 5.75 Å². The molecular formula is C41H60O8. The summed E-state index contributed by atoms with van der Waals surface area (Å²) in [5, 5.41) is 69.2. The molecule has 1 aromatic rings. The molecule has 0 bridgehead atoms. The summed E-state index contributed by atoms with van der Waals surface area (Å²) < 4.78 is 6.29. The normalized spacial score (nSPS) is 42.7. The molecule has 7 rings (SSSR count). The minimum atomic E-state index is -1.36. The van der Waals surface area contributed by atoms with Crippen LogP contribution in [0.25, 0.3) is 0 Å². The molecule has 0 aromatic heterocycles. The predicted octanol–water partition coefficient (Wildman–Crippen LogP) is 5.03. The van der Waals surface area contributed by atoms with Crippen LogP contribution in [0.5, 0.6) is 5.75 Å². The van der Waals surface area contributed by atoms with Crippen LogP contribution in [0.15, 0.2) is 29.8 Å². The van der Waals surface area contributed by atoms with Crippen molar-refractivity contribution < 1.29 is 40.2 Å². The number of carbonyl (C=O) groups excluding carboxylic acids is 1. The zero-order valence-corrected chi connectivity index (χ0v) is 30.2. The molecule has 12 unspecified atom stereocenters. The van der Waals surface area contributed by atoms with E-state index in [9.17, 15) is 35.4 Å². The van der Waals surface area contributed by atoms with Gasteiger partial charge in [-0.05, 0) is 135 Å². The fourth-order valence-corrected chi connectivity index (χ4v) is 12.9. The second kappa shape index (κ2) is 12.1. The predicted molar refractivity (Wildman–Crippen MR) is 186 cm³/mol. The molecule has 1 saturated heterocycles. The van der Waals surface area contributed by atoms with Gasteiger partial charge < -0.3 is 35.4 Å². The first kappa shape index (κ1) is 35.6. The largest absolute Gasteiger partial charge is 0.508 e. The standard InChI is InChI=1S/C41H60O8/c1-23(2)24(3)34-36(49-34)38(5,47)33-12-18-41(48)29-21-31(44)30-22-32(45)35(46)40(14-6-7-15-40)37(30,4)28(29)11-17-39(33,41)16-10-26-20-27(43)9-8-25(26)13-19-42/h8-9,20-21,23-24,28,30,32-36,42-43,45-48H,6-7,10-19,22H2,1-5H3. The van der Waals surface area contributed by atoms with Crippen LogP contribution in [0, 0.1) is 45.8 Å². The van der Waals surface area contributed by atoms with Crippen LogP contribution in [0.4, 0.5) is 0 Å². The molecule has 272 valence electrons. The van der Waals surface area contributed by atoms with Gasteiger partial charge in [0.25, 0.3) is 0 Å². The highest BCUT2D eigenvalue weighted by molar-refractivity contribution is 5.95. The van der Waals surface area contributed by atoms with Gasteiger partial charge in [0.05, 0.1) is 29.5 Å². The van der Waals surface area contributed by atoms with Gasteiger partial charge in [-0.2, -0.15) is 0 Å². The molecule has 1 aliphatic heterocycles. The molecule has 4 saturated carbocycles. The summed E-state index contributed by atoms with van der Waals surface area (Å²) in [6, 6.07) is 5.25. The highest BCUT2D eigenvalue weighted by atomic mass is 16.6. The summed E-state index contributed by atoms with van der Waals surface area (Å²) in [7, 11) is 0. The number of carbonyl (C=O) groups is 1. The van der Waals surface area contributed by atoms with Crippen LogP contribution in [0.3, 0.4) is 0 Å². The molecule has 1 heterocycles. The highest BCUT2D eigenvalue weighted by Gasteiger charge is 2.75. The van der Waals surface area contributed by atoms with Crippen LogP contribution in [-0.4, -0.2) is 78.6 Å². The molecule has 0 radical (unpaired) electrons. The Morgan fingerprint density at radius 2 is 1.71 bits per heavy atom. The number of ketones is 1. The fraction of sp³-hybridized carbons (Fsp3) is 0.780. The molecule has 0 amide bonds. The number of allylic oxidation sites excluding steroid dienone is 1. The van der Waals surface area contributed by atoms with E-state index in [4.69, 9.17) is 4.74 Å². The van der Waals surface area contributed by atoms with Crippen molar-refractivity contribution in [2.75, 3.05) is 6.61 Å². The van der Waals surface area contributed by atoms with Gasteiger partial charge in [-0.25, -0.2) is 0 Å². The Morgan fingerprint density at radius 3 is 2.39 bits per heavy atom. The van der Waals surface area contributed by atoms with Crippen molar-refractivity contribution in [3.05, 3.63) is 41.0 Å². The van der Waals surface area contributed by atoms with Gasteiger partial charge in [0, 0.05) is 23.4 Å². The van der Waals surface area contributed by atoms with Crippen LogP contribution in [0.2, 0.25) is 0 Å². The third-order valence-corrected chi connectivity index (χ3v) is 15.9. The van der Waals surface area contributed by atoms with Crippen LogP contribution >= 0.6 is 0 Å². The number of hydrogen-bond donors (Lipinski definition) is 6. The number of phenols is 1. The zero-order valence-electron chi connectivity index (χ0n) is 30.2. The Hall–Kier alpha value is -1.81. The first-order valence-corrected chi connectivity index (χ1v) is 19.2. The Balaban J connectivity index is 1.32. The van der Waals surface area contributed by atoms with E-state index in [1.807, 2.05) is 13.0 Å².